The quantitative estimate of drug-likeness (QED) is 0.800. The van der Waals surface area contributed by atoms with Crippen molar-refractivity contribution in [2.24, 2.45) is 7.05 Å². The summed E-state index contributed by atoms with van der Waals surface area (Å²) in [6.07, 6.45) is -3.06. The van der Waals surface area contributed by atoms with Gasteiger partial charge in [0.05, 0.1) is 25.1 Å². The molecule has 1 aromatic carbocycles. The van der Waals surface area contributed by atoms with Crippen molar-refractivity contribution >= 4 is 5.91 Å². The second-order valence-corrected chi connectivity index (χ2v) is 7.25. The van der Waals surface area contributed by atoms with E-state index in [1.165, 1.54) is 12.1 Å². The van der Waals surface area contributed by atoms with E-state index in [4.69, 9.17) is 4.74 Å². The molecule has 0 spiro atoms. The van der Waals surface area contributed by atoms with Crippen LogP contribution in [0, 0.1) is 0 Å². The average Bonchev–Trinajstić information content (AvgIpc) is 3.46. The Labute approximate surface area is 160 Å². The molecule has 2 aliphatic rings. The normalized spacial score (nSPS) is 20.4. The van der Waals surface area contributed by atoms with Crippen molar-refractivity contribution in [2.45, 2.75) is 37.5 Å². The lowest BCUT2D eigenvalue weighted by Gasteiger charge is -2.34. The standard InChI is InChI=1S/C19H21F3N4O2/c1-25-16(23-18(24-25)12-6-7-12)10-17(27)26-8-9-28-15(11-26)13-4-2-3-5-14(13)19(20,21)22/h2-5,12,15H,6-11H2,1H3. The molecule has 1 aliphatic heterocycles. The van der Waals surface area contributed by atoms with Gasteiger partial charge < -0.3 is 9.64 Å². The topological polar surface area (TPSA) is 60.2 Å². The van der Waals surface area contributed by atoms with Gasteiger partial charge in [0.1, 0.15) is 11.9 Å². The number of alkyl halides is 3. The van der Waals surface area contributed by atoms with Crippen molar-refractivity contribution < 1.29 is 22.7 Å². The number of carbonyl (C=O) groups excluding carboxylic acids is 1. The van der Waals surface area contributed by atoms with Crippen LogP contribution in [0.4, 0.5) is 13.2 Å². The van der Waals surface area contributed by atoms with Crippen LogP contribution in [0.5, 0.6) is 0 Å². The minimum atomic E-state index is -4.47. The Hall–Kier alpha value is -2.42. The summed E-state index contributed by atoms with van der Waals surface area (Å²) in [5, 5.41) is 4.36. The van der Waals surface area contributed by atoms with Crippen LogP contribution in [-0.4, -0.2) is 45.3 Å². The molecule has 1 aromatic heterocycles. The van der Waals surface area contributed by atoms with E-state index in [2.05, 4.69) is 10.1 Å². The summed E-state index contributed by atoms with van der Waals surface area (Å²) in [6.45, 7) is 0.616. The van der Waals surface area contributed by atoms with Crippen LogP contribution in [0.3, 0.4) is 0 Å². The van der Waals surface area contributed by atoms with Gasteiger partial charge in [-0.2, -0.15) is 18.3 Å². The maximum Gasteiger partial charge on any atom is 0.416 e. The number of halogens is 3. The summed E-state index contributed by atoms with van der Waals surface area (Å²) in [5.41, 5.74) is -0.668. The van der Waals surface area contributed by atoms with Crippen LogP contribution in [0.25, 0.3) is 0 Å². The van der Waals surface area contributed by atoms with Crippen molar-refractivity contribution in [3.8, 4) is 0 Å². The number of hydrogen-bond donors (Lipinski definition) is 0. The number of carbonyl (C=O) groups is 1. The zero-order valence-electron chi connectivity index (χ0n) is 15.4. The third-order valence-electron chi connectivity index (χ3n) is 5.15. The number of amides is 1. The molecular weight excluding hydrogens is 373 g/mol. The maximum absolute atomic E-state index is 13.3. The van der Waals surface area contributed by atoms with Crippen molar-refractivity contribution in [3.05, 3.63) is 47.0 Å². The van der Waals surface area contributed by atoms with Crippen LogP contribution < -0.4 is 0 Å². The van der Waals surface area contributed by atoms with Gasteiger partial charge in [-0.05, 0) is 24.5 Å². The molecule has 1 saturated heterocycles. The molecule has 2 heterocycles. The number of aromatic nitrogens is 3. The third kappa shape index (κ3) is 3.89. The predicted octanol–water partition coefficient (Wildman–Crippen LogP) is 2.85. The lowest BCUT2D eigenvalue weighted by Crippen LogP contribution is -2.43. The van der Waals surface area contributed by atoms with Crippen LogP contribution >= 0.6 is 0 Å². The van der Waals surface area contributed by atoms with Gasteiger partial charge in [0.2, 0.25) is 5.91 Å². The summed E-state index contributed by atoms with van der Waals surface area (Å²) < 4.78 is 47.1. The molecule has 0 bridgehead atoms. The number of benzene rings is 1. The van der Waals surface area contributed by atoms with Gasteiger partial charge in [-0.25, -0.2) is 4.98 Å². The lowest BCUT2D eigenvalue weighted by atomic mass is 10.0. The fourth-order valence-electron chi connectivity index (χ4n) is 3.45. The van der Waals surface area contributed by atoms with Gasteiger partial charge in [0.15, 0.2) is 5.82 Å². The maximum atomic E-state index is 13.3. The first-order chi connectivity index (χ1) is 13.3. The molecular formula is C19H21F3N4O2. The van der Waals surface area contributed by atoms with Crippen LogP contribution in [0.2, 0.25) is 0 Å². The Morgan fingerprint density at radius 1 is 1.29 bits per heavy atom. The summed E-state index contributed by atoms with van der Waals surface area (Å²) in [4.78, 5) is 18.7. The first kappa shape index (κ1) is 18.9. The van der Waals surface area contributed by atoms with Gasteiger partial charge in [-0.3, -0.25) is 9.48 Å². The molecule has 1 aliphatic carbocycles. The van der Waals surface area contributed by atoms with Gasteiger partial charge in [0, 0.05) is 19.5 Å². The van der Waals surface area contributed by atoms with E-state index in [-0.39, 0.29) is 31.0 Å². The first-order valence-electron chi connectivity index (χ1n) is 9.28. The largest absolute Gasteiger partial charge is 0.416 e. The van der Waals surface area contributed by atoms with E-state index in [0.29, 0.717) is 18.3 Å². The highest BCUT2D eigenvalue weighted by Gasteiger charge is 2.37. The fraction of sp³-hybridized carbons (Fsp3) is 0.526. The molecule has 1 amide bonds. The Kier molecular flexibility index (Phi) is 4.86. The second-order valence-electron chi connectivity index (χ2n) is 7.25. The Balaban J connectivity index is 1.47. The van der Waals surface area contributed by atoms with Crippen molar-refractivity contribution in [2.75, 3.05) is 19.7 Å². The number of hydrogen-bond acceptors (Lipinski definition) is 4. The molecule has 0 radical (unpaired) electrons. The molecule has 28 heavy (non-hydrogen) atoms. The van der Waals surface area contributed by atoms with Crippen LogP contribution in [0.1, 0.15) is 47.6 Å². The molecule has 1 saturated carbocycles. The van der Waals surface area contributed by atoms with Crippen molar-refractivity contribution in [3.63, 3.8) is 0 Å². The van der Waals surface area contributed by atoms with E-state index in [1.54, 1.807) is 22.7 Å². The smallest absolute Gasteiger partial charge is 0.370 e. The Morgan fingerprint density at radius 2 is 2.04 bits per heavy atom. The number of aryl methyl sites for hydroxylation is 1. The fourth-order valence-corrected chi connectivity index (χ4v) is 3.45. The average molecular weight is 394 g/mol. The van der Waals surface area contributed by atoms with E-state index in [0.717, 1.165) is 24.7 Å². The highest BCUT2D eigenvalue weighted by atomic mass is 19.4. The minimum Gasteiger partial charge on any atom is -0.370 e. The summed E-state index contributed by atoms with van der Waals surface area (Å²) in [6, 6.07) is 5.35. The van der Waals surface area contributed by atoms with Crippen molar-refractivity contribution in [1.82, 2.24) is 19.7 Å². The highest BCUT2D eigenvalue weighted by Crippen LogP contribution is 2.38. The molecule has 1 unspecified atom stereocenters. The monoisotopic (exact) mass is 394 g/mol. The first-order valence-corrected chi connectivity index (χ1v) is 9.28. The lowest BCUT2D eigenvalue weighted by molar-refractivity contribution is -0.143. The van der Waals surface area contributed by atoms with Crippen molar-refractivity contribution in [1.29, 1.82) is 0 Å². The SMILES string of the molecule is Cn1nc(C2CC2)nc1CC(=O)N1CCOC(c2ccccc2C(F)(F)F)C1. The van der Waals surface area contributed by atoms with Crippen LogP contribution in [-0.2, 0) is 29.2 Å². The molecule has 2 fully saturated rings. The molecule has 150 valence electrons. The van der Waals surface area contributed by atoms with E-state index < -0.39 is 17.8 Å². The highest BCUT2D eigenvalue weighted by molar-refractivity contribution is 5.78. The number of ether oxygens (including phenoxy) is 1. The summed E-state index contributed by atoms with van der Waals surface area (Å²) >= 11 is 0. The zero-order chi connectivity index (χ0) is 19.9. The molecule has 0 N–H and O–H groups in total. The van der Waals surface area contributed by atoms with Gasteiger partial charge in [-0.15, -0.1) is 0 Å². The molecule has 9 heteroatoms. The Bertz CT molecular complexity index is 876. The third-order valence-corrected chi connectivity index (χ3v) is 5.15. The Morgan fingerprint density at radius 3 is 2.75 bits per heavy atom. The number of rotatable bonds is 4. The van der Waals surface area contributed by atoms with Gasteiger partial charge >= 0.3 is 6.18 Å². The molecule has 1 atom stereocenters. The van der Waals surface area contributed by atoms with E-state index in [9.17, 15) is 18.0 Å². The van der Waals surface area contributed by atoms with Gasteiger partial charge in [0.25, 0.3) is 0 Å². The van der Waals surface area contributed by atoms with Crippen LogP contribution in [0.15, 0.2) is 24.3 Å². The van der Waals surface area contributed by atoms with E-state index in [1.807, 2.05) is 0 Å². The zero-order valence-corrected chi connectivity index (χ0v) is 15.4. The molecule has 2 aromatic rings. The second kappa shape index (κ2) is 7.20. The number of nitrogens with zero attached hydrogens (tertiary/aromatic N) is 4. The summed E-state index contributed by atoms with van der Waals surface area (Å²) in [5.74, 6) is 1.55. The minimum absolute atomic E-state index is 0.0576. The molecule has 6 nitrogen and oxygen atoms in total. The van der Waals surface area contributed by atoms with E-state index >= 15 is 0 Å². The van der Waals surface area contributed by atoms with Gasteiger partial charge in [-0.1, -0.05) is 18.2 Å². The molecule has 4 rings (SSSR count). The predicted molar refractivity (Wildman–Crippen MR) is 93.4 cm³/mol. The summed E-state index contributed by atoms with van der Waals surface area (Å²) in [7, 11) is 1.75. The number of morpholine rings is 1.